The first-order valence-electron chi connectivity index (χ1n) is 9.85. The van der Waals surface area contributed by atoms with Crippen LogP contribution in [0.5, 0.6) is 0 Å². The molecular weight excluding hydrogens is 388 g/mol. The molecule has 0 saturated carbocycles. The van der Waals surface area contributed by atoms with Crippen molar-refractivity contribution in [2.24, 2.45) is 5.41 Å². The van der Waals surface area contributed by atoms with E-state index in [-0.39, 0.29) is 22.1 Å². The maximum absolute atomic E-state index is 13.1. The standard InChI is InChI=1S/C21H28N4OS2/c1-20(2,3)28(26)25-19-15-7-5-4-6-14(15)18(16-12-24-17(27)13-23-16)21(19)8-10-22-11-9-21/h4-7,12-13,18-19,22,25H,8-11H2,1-3H3,(H,24,27)/t18?,19-,28-/m1/s1. The van der Waals surface area contributed by atoms with E-state index >= 15 is 0 Å². The van der Waals surface area contributed by atoms with Gasteiger partial charge >= 0.3 is 0 Å². The van der Waals surface area contributed by atoms with Crippen LogP contribution in [0.25, 0.3) is 0 Å². The molecule has 150 valence electrons. The summed E-state index contributed by atoms with van der Waals surface area (Å²) in [5, 5.41) is 3.50. The fourth-order valence-corrected chi connectivity index (χ4v) is 5.76. The molecule has 1 fully saturated rings. The Labute approximate surface area is 174 Å². The van der Waals surface area contributed by atoms with Crippen LogP contribution in [0.2, 0.25) is 0 Å². The molecule has 1 aliphatic heterocycles. The average Bonchev–Trinajstić information content (AvgIpc) is 2.92. The minimum atomic E-state index is -1.15. The summed E-state index contributed by atoms with van der Waals surface area (Å²) in [6.07, 6.45) is 5.69. The maximum Gasteiger partial charge on any atom is 0.121 e. The van der Waals surface area contributed by atoms with Gasteiger partial charge in [-0.1, -0.05) is 36.5 Å². The number of piperidine rings is 1. The topological polar surface area (TPSA) is 69.8 Å². The van der Waals surface area contributed by atoms with Crippen LogP contribution < -0.4 is 10.0 Å². The van der Waals surface area contributed by atoms with Crippen LogP contribution in [0, 0.1) is 10.1 Å². The Hall–Kier alpha value is -1.41. The van der Waals surface area contributed by atoms with E-state index in [9.17, 15) is 4.21 Å². The van der Waals surface area contributed by atoms with Gasteiger partial charge in [0.05, 0.1) is 33.7 Å². The molecule has 0 bridgehead atoms. The normalized spacial score (nSPS) is 24.8. The highest BCUT2D eigenvalue weighted by Gasteiger charge is 2.55. The number of benzene rings is 1. The van der Waals surface area contributed by atoms with Crippen molar-refractivity contribution in [2.75, 3.05) is 13.1 Å². The first-order valence-corrected chi connectivity index (χ1v) is 11.4. The summed E-state index contributed by atoms with van der Waals surface area (Å²) >= 11 is 5.21. The summed E-state index contributed by atoms with van der Waals surface area (Å²) in [4.78, 5) is 7.88. The molecule has 0 radical (unpaired) electrons. The summed E-state index contributed by atoms with van der Waals surface area (Å²) in [5.74, 6) is 0.145. The van der Waals surface area contributed by atoms with Gasteiger partial charge in [0.1, 0.15) is 4.64 Å². The van der Waals surface area contributed by atoms with E-state index in [2.05, 4.69) is 39.3 Å². The second-order valence-electron chi connectivity index (χ2n) is 8.81. The van der Waals surface area contributed by atoms with Crippen LogP contribution in [0.15, 0.2) is 36.7 Å². The SMILES string of the molecule is CC(C)(C)[S@@](=O)N[C@@H]1c2ccccc2C(c2c[nH]c(=S)cn2)C12CCNCC2. The number of nitrogens with zero attached hydrogens (tertiary/aromatic N) is 1. The molecular formula is C21H28N4OS2. The quantitative estimate of drug-likeness (QED) is 0.667. The van der Waals surface area contributed by atoms with E-state index in [0.717, 1.165) is 31.6 Å². The zero-order valence-corrected chi connectivity index (χ0v) is 18.3. The van der Waals surface area contributed by atoms with Crippen molar-refractivity contribution < 1.29 is 4.21 Å². The van der Waals surface area contributed by atoms with Crippen LogP contribution in [-0.4, -0.2) is 32.0 Å². The summed E-state index contributed by atoms with van der Waals surface area (Å²) in [6.45, 7) is 7.95. The van der Waals surface area contributed by atoms with Crippen molar-refractivity contribution in [1.29, 1.82) is 0 Å². The Morgan fingerprint density at radius 1 is 1.21 bits per heavy atom. The second-order valence-corrected chi connectivity index (χ2v) is 11.3. The summed E-state index contributed by atoms with van der Waals surface area (Å²) in [7, 11) is -1.15. The summed E-state index contributed by atoms with van der Waals surface area (Å²) in [6, 6.07) is 8.59. The predicted molar refractivity (Wildman–Crippen MR) is 116 cm³/mol. The largest absolute Gasteiger partial charge is 0.350 e. The minimum absolute atomic E-state index is 0.0286. The lowest BCUT2D eigenvalue weighted by molar-refractivity contribution is 0.140. The highest BCUT2D eigenvalue weighted by atomic mass is 32.2. The van der Waals surface area contributed by atoms with E-state index in [0.29, 0.717) is 4.64 Å². The number of aromatic amines is 1. The third-order valence-corrected chi connectivity index (χ3v) is 7.86. The number of fused-ring (bicyclic) bond motifs is 1. The predicted octanol–water partition coefficient (Wildman–Crippen LogP) is 3.75. The number of hydrogen-bond acceptors (Lipinski definition) is 4. The number of hydrogen-bond donors (Lipinski definition) is 3. The lowest BCUT2D eigenvalue weighted by atomic mass is 9.66. The molecule has 1 saturated heterocycles. The number of nitrogens with one attached hydrogen (secondary N) is 3. The van der Waals surface area contributed by atoms with Crippen LogP contribution in [0.4, 0.5) is 0 Å². The van der Waals surface area contributed by atoms with E-state index in [1.807, 2.05) is 27.0 Å². The molecule has 28 heavy (non-hydrogen) atoms. The van der Waals surface area contributed by atoms with Crippen molar-refractivity contribution in [3.8, 4) is 0 Å². The molecule has 2 heterocycles. The molecule has 1 spiro atoms. The molecule has 2 aromatic rings. The lowest BCUT2D eigenvalue weighted by Gasteiger charge is -2.44. The van der Waals surface area contributed by atoms with Gasteiger partial charge in [0.2, 0.25) is 0 Å². The Morgan fingerprint density at radius 3 is 2.50 bits per heavy atom. The summed E-state index contributed by atoms with van der Waals surface area (Å²) < 4.78 is 16.9. The molecule has 3 atom stereocenters. The maximum atomic E-state index is 13.1. The molecule has 2 aliphatic rings. The first-order chi connectivity index (χ1) is 13.3. The minimum Gasteiger partial charge on any atom is -0.350 e. The number of H-pyrrole nitrogens is 1. The van der Waals surface area contributed by atoms with Crippen molar-refractivity contribution >= 4 is 23.2 Å². The highest BCUT2D eigenvalue weighted by Crippen LogP contribution is 2.60. The Bertz CT molecular complexity index is 923. The van der Waals surface area contributed by atoms with Crippen molar-refractivity contribution in [2.45, 2.75) is 50.3 Å². The number of rotatable bonds is 3. The Balaban J connectivity index is 1.86. The van der Waals surface area contributed by atoms with E-state index in [1.165, 1.54) is 11.1 Å². The van der Waals surface area contributed by atoms with Crippen LogP contribution in [0.1, 0.15) is 62.4 Å². The molecule has 1 unspecified atom stereocenters. The molecule has 3 N–H and O–H groups in total. The first kappa shape index (κ1) is 19.9. The third-order valence-electron chi connectivity index (χ3n) is 6.07. The van der Waals surface area contributed by atoms with Gasteiger partial charge in [-0.05, 0) is 57.8 Å². The fraction of sp³-hybridized carbons (Fsp3) is 0.524. The average molecular weight is 417 g/mol. The zero-order chi connectivity index (χ0) is 19.9. The third kappa shape index (κ3) is 3.38. The highest BCUT2D eigenvalue weighted by molar-refractivity contribution is 7.84. The fourth-order valence-electron chi connectivity index (χ4n) is 4.72. The monoisotopic (exact) mass is 416 g/mol. The van der Waals surface area contributed by atoms with Gasteiger partial charge in [-0.3, -0.25) is 4.98 Å². The Morgan fingerprint density at radius 2 is 1.89 bits per heavy atom. The van der Waals surface area contributed by atoms with Crippen LogP contribution >= 0.6 is 12.2 Å². The lowest BCUT2D eigenvalue weighted by Crippen LogP contribution is -2.48. The van der Waals surface area contributed by atoms with Gasteiger partial charge in [-0.25, -0.2) is 8.93 Å². The van der Waals surface area contributed by atoms with Gasteiger partial charge in [0.25, 0.3) is 0 Å². The van der Waals surface area contributed by atoms with Crippen molar-refractivity contribution in [3.63, 3.8) is 0 Å². The second kappa shape index (κ2) is 7.44. The van der Waals surface area contributed by atoms with Gasteiger partial charge in [-0.15, -0.1) is 0 Å². The van der Waals surface area contributed by atoms with Gasteiger partial charge in [0.15, 0.2) is 0 Å². The van der Waals surface area contributed by atoms with Crippen LogP contribution in [0.3, 0.4) is 0 Å². The van der Waals surface area contributed by atoms with E-state index in [1.54, 1.807) is 6.20 Å². The van der Waals surface area contributed by atoms with E-state index in [4.69, 9.17) is 17.2 Å². The number of aromatic nitrogens is 2. The molecule has 7 heteroatoms. The van der Waals surface area contributed by atoms with Gasteiger partial charge in [-0.2, -0.15) is 0 Å². The smallest absolute Gasteiger partial charge is 0.121 e. The van der Waals surface area contributed by atoms with Gasteiger partial charge in [0, 0.05) is 17.5 Å². The van der Waals surface area contributed by atoms with Crippen molar-refractivity contribution in [1.82, 2.24) is 20.0 Å². The molecule has 0 amide bonds. The molecule has 5 nitrogen and oxygen atoms in total. The molecule has 1 aromatic heterocycles. The van der Waals surface area contributed by atoms with Crippen LogP contribution in [-0.2, 0) is 11.0 Å². The van der Waals surface area contributed by atoms with Crippen molar-refractivity contribution in [3.05, 3.63) is 58.1 Å². The zero-order valence-electron chi connectivity index (χ0n) is 16.6. The Kier molecular flexibility index (Phi) is 5.29. The summed E-state index contributed by atoms with van der Waals surface area (Å²) in [5.41, 5.74) is 3.47. The van der Waals surface area contributed by atoms with Gasteiger partial charge < -0.3 is 10.3 Å². The molecule has 4 rings (SSSR count). The molecule has 1 aromatic carbocycles. The van der Waals surface area contributed by atoms with E-state index < -0.39 is 11.0 Å². The molecule has 1 aliphatic carbocycles.